The van der Waals surface area contributed by atoms with Crippen molar-refractivity contribution in [3.8, 4) is 0 Å². The molecule has 2 N–H and O–H groups in total. The number of amides is 1. The Labute approximate surface area is 121 Å². The van der Waals surface area contributed by atoms with Crippen LogP contribution in [-0.4, -0.2) is 23.0 Å². The van der Waals surface area contributed by atoms with E-state index in [4.69, 9.17) is 0 Å². The van der Waals surface area contributed by atoms with Crippen LogP contribution in [0.25, 0.3) is 0 Å². The van der Waals surface area contributed by atoms with Crippen LogP contribution in [0.1, 0.15) is 65.2 Å². The minimum Gasteiger partial charge on any atom is -0.481 e. The van der Waals surface area contributed by atoms with Gasteiger partial charge in [-0.15, -0.1) is 0 Å². The minimum atomic E-state index is -0.796. The maximum atomic E-state index is 12.4. The molecule has 2 rings (SSSR count). The largest absolute Gasteiger partial charge is 0.481 e. The van der Waals surface area contributed by atoms with Gasteiger partial charge in [0.1, 0.15) is 0 Å². The lowest BCUT2D eigenvalue weighted by Crippen LogP contribution is -2.53. The number of hydrogen-bond donors (Lipinski definition) is 2. The molecule has 4 nitrogen and oxygen atoms in total. The third kappa shape index (κ3) is 3.15. The first-order valence-electron chi connectivity index (χ1n) is 7.97. The van der Waals surface area contributed by atoms with Crippen molar-refractivity contribution in [2.45, 2.75) is 71.3 Å². The van der Waals surface area contributed by atoms with Crippen molar-refractivity contribution in [1.82, 2.24) is 5.32 Å². The maximum Gasteiger partial charge on any atom is 0.311 e. The Bertz CT molecular complexity index is 374. The maximum absolute atomic E-state index is 12.4. The van der Waals surface area contributed by atoms with E-state index in [1.54, 1.807) is 6.92 Å². The molecule has 114 valence electrons. The van der Waals surface area contributed by atoms with Gasteiger partial charge in [0.05, 0.1) is 5.41 Å². The van der Waals surface area contributed by atoms with Crippen LogP contribution in [-0.2, 0) is 9.59 Å². The highest BCUT2D eigenvalue weighted by Crippen LogP contribution is 2.37. The number of carboxylic acids is 1. The van der Waals surface area contributed by atoms with E-state index in [0.717, 1.165) is 50.9 Å². The fraction of sp³-hybridized carbons (Fsp3) is 0.875. The third-order valence-electron chi connectivity index (χ3n) is 5.40. The first-order valence-corrected chi connectivity index (χ1v) is 7.97. The predicted molar refractivity (Wildman–Crippen MR) is 77.3 cm³/mol. The van der Waals surface area contributed by atoms with Crippen molar-refractivity contribution in [2.75, 3.05) is 0 Å². The summed E-state index contributed by atoms with van der Waals surface area (Å²) in [5.41, 5.74) is -0.796. The van der Waals surface area contributed by atoms with E-state index in [-0.39, 0.29) is 17.9 Å². The second-order valence-electron chi connectivity index (χ2n) is 6.99. The Morgan fingerprint density at radius 3 is 2.35 bits per heavy atom. The number of rotatable bonds is 3. The number of carboxylic acid groups (broad SMARTS) is 1. The van der Waals surface area contributed by atoms with Gasteiger partial charge in [-0.05, 0) is 51.4 Å². The van der Waals surface area contributed by atoms with Gasteiger partial charge in [0.25, 0.3) is 0 Å². The summed E-state index contributed by atoms with van der Waals surface area (Å²) >= 11 is 0. The first kappa shape index (κ1) is 15.3. The molecule has 0 aromatic heterocycles. The van der Waals surface area contributed by atoms with Crippen molar-refractivity contribution in [1.29, 1.82) is 0 Å². The molecule has 2 aliphatic rings. The highest BCUT2D eigenvalue weighted by molar-refractivity contribution is 5.81. The molecule has 20 heavy (non-hydrogen) atoms. The lowest BCUT2D eigenvalue weighted by Gasteiger charge is -2.39. The first-order chi connectivity index (χ1) is 9.43. The number of aliphatic carboxylic acids is 1. The Morgan fingerprint density at radius 1 is 1.10 bits per heavy atom. The second kappa shape index (κ2) is 6.15. The normalized spacial score (nSPS) is 38.2. The molecule has 0 bridgehead atoms. The van der Waals surface area contributed by atoms with E-state index in [9.17, 15) is 14.7 Å². The van der Waals surface area contributed by atoms with Gasteiger partial charge in [-0.2, -0.15) is 0 Å². The standard InChI is InChI=1S/C16H27NO3/c1-11-6-8-12(9-7-11)14(18)17-13-5-3-4-10-16(13,2)15(19)20/h11-13H,3-10H2,1-2H3,(H,17,18)(H,19,20). The predicted octanol–water partition coefficient (Wildman–Crippen LogP) is 2.96. The third-order valence-corrected chi connectivity index (χ3v) is 5.40. The van der Waals surface area contributed by atoms with Crippen LogP contribution in [0, 0.1) is 17.3 Å². The highest BCUT2D eigenvalue weighted by Gasteiger charge is 2.44. The molecule has 0 radical (unpaired) electrons. The van der Waals surface area contributed by atoms with Gasteiger partial charge in [-0.25, -0.2) is 0 Å². The summed E-state index contributed by atoms with van der Waals surface area (Å²) in [4.78, 5) is 23.9. The van der Waals surface area contributed by atoms with E-state index in [1.165, 1.54) is 0 Å². The van der Waals surface area contributed by atoms with Gasteiger partial charge in [0.15, 0.2) is 0 Å². The molecule has 2 fully saturated rings. The number of carbonyl (C=O) groups excluding carboxylic acids is 1. The van der Waals surface area contributed by atoms with E-state index < -0.39 is 11.4 Å². The summed E-state index contributed by atoms with van der Waals surface area (Å²) in [6.07, 6.45) is 7.52. The van der Waals surface area contributed by atoms with Gasteiger partial charge in [0, 0.05) is 12.0 Å². The lowest BCUT2D eigenvalue weighted by molar-refractivity contribution is -0.152. The van der Waals surface area contributed by atoms with Crippen molar-refractivity contribution in [3.63, 3.8) is 0 Å². The molecule has 2 atom stereocenters. The van der Waals surface area contributed by atoms with E-state index in [2.05, 4.69) is 12.2 Å². The average molecular weight is 281 g/mol. The lowest BCUT2D eigenvalue weighted by atomic mass is 9.71. The Morgan fingerprint density at radius 2 is 1.75 bits per heavy atom. The fourth-order valence-electron chi connectivity index (χ4n) is 3.63. The molecule has 0 heterocycles. The molecule has 2 unspecified atom stereocenters. The number of nitrogens with one attached hydrogen (secondary N) is 1. The molecule has 0 aromatic rings. The van der Waals surface area contributed by atoms with Crippen molar-refractivity contribution in [2.24, 2.45) is 17.3 Å². The summed E-state index contributed by atoms with van der Waals surface area (Å²) in [5, 5.41) is 12.5. The second-order valence-corrected chi connectivity index (χ2v) is 6.99. The van der Waals surface area contributed by atoms with E-state index in [1.807, 2.05) is 0 Å². The Hall–Kier alpha value is -1.06. The van der Waals surface area contributed by atoms with E-state index in [0.29, 0.717) is 6.42 Å². The zero-order chi connectivity index (χ0) is 14.8. The van der Waals surface area contributed by atoms with Gasteiger partial charge >= 0.3 is 5.97 Å². The summed E-state index contributed by atoms with van der Waals surface area (Å²) in [5.74, 6) is 0.111. The van der Waals surface area contributed by atoms with Crippen LogP contribution in [0.2, 0.25) is 0 Å². The van der Waals surface area contributed by atoms with Crippen molar-refractivity contribution >= 4 is 11.9 Å². The van der Waals surface area contributed by atoms with Crippen molar-refractivity contribution in [3.05, 3.63) is 0 Å². The van der Waals surface area contributed by atoms with Gasteiger partial charge < -0.3 is 10.4 Å². The summed E-state index contributed by atoms with van der Waals surface area (Å²) in [7, 11) is 0. The van der Waals surface area contributed by atoms with Crippen LogP contribution in [0.4, 0.5) is 0 Å². The zero-order valence-corrected chi connectivity index (χ0v) is 12.7. The van der Waals surface area contributed by atoms with Gasteiger partial charge in [0.2, 0.25) is 5.91 Å². The van der Waals surface area contributed by atoms with Crippen LogP contribution in [0.3, 0.4) is 0 Å². The molecule has 1 amide bonds. The zero-order valence-electron chi connectivity index (χ0n) is 12.7. The Kier molecular flexibility index (Phi) is 4.71. The molecule has 0 spiro atoms. The highest BCUT2D eigenvalue weighted by atomic mass is 16.4. The molecule has 4 heteroatoms. The molecular weight excluding hydrogens is 254 g/mol. The molecule has 2 aliphatic carbocycles. The molecule has 0 saturated heterocycles. The smallest absolute Gasteiger partial charge is 0.311 e. The molecule has 2 saturated carbocycles. The van der Waals surface area contributed by atoms with Crippen LogP contribution >= 0.6 is 0 Å². The van der Waals surface area contributed by atoms with Gasteiger partial charge in [-0.3, -0.25) is 9.59 Å². The number of carbonyl (C=O) groups is 2. The minimum absolute atomic E-state index is 0.0799. The molecular formula is C16H27NO3. The average Bonchev–Trinajstić information content (AvgIpc) is 2.42. The molecule has 0 aliphatic heterocycles. The number of hydrogen-bond acceptors (Lipinski definition) is 2. The molecule has 0 aromatic carbocycles. The summed E-state index contributed by atoms with van der Waals surface area (Å²) in [6.45, 7) is 4.01. The monoisotopic (exact) mass is 281 g/mol. The van der Waals surface area contributed by atoms with E-state index >= 15 is 0 Å². The van der Waals surface area contributed by atoms with Crippen molar-refractivity contribution < 1.29 is 14.7 Å². The van der Waals surface area contributed by atoms with Crippen LogP contribution < -0.4 is 5.32 Å². The fourth-order valence-corrected chi connectivity index (χ4v) is 3.63. The van der Waals surface area contributed by atoms with Crippen LogP contribution in [0.5, 0.6) is 0 Å². The Balaban J connectivity index is 1.97. The summed E-state index contributed by atoms with van der Waals surface area (Å²) in [6, 6.07) is -0.208. The SMILES string of the molecule is CC1CCC(C(=O)NC2CCCCC2(C)C(=O)O)CC1. The topological polar surface area (TPSA) is 66.4 Å². The summed E-state index contributed by atoms with van der Waals surface area (Å²) < 4.78 is 0. The quantitative estimate of drug-likeness (QED) is 0.835. The van der Waals surface area contributed by atoms with Crippen LogP contribution in [0.15, 0.2) is 0 Å². The van der Waals surface area contributed by atoms with Gasteiger partial charge in [-0.1, -0.05) is 19.8 Å².